The van der Waals surface area contributed by atoms with Crippen molar-refractivity contribution < 1.29 is 4.57 Å². The Morgan fingerprint density at radius 2 is 1.36 bits per heavy atom. The molecule has 0 bridgehead atoms. The molecular weight excluding hydrogens is 402 g/mol. The van der Waals surface area contributed by atoms with Crippen molar-refractivity contribution in [1.82, 2.24) is 4.40 Å². The number of aliphatic imine (C=N–C) groups is 1. The molecule has 33 heavy (non-hydrogen) atoms. The van der Waals surface area contributed by atoms with Crippen molar-refractivity contribution in [3.05, 3.63) is 126 Å². The van der Waals surface area contributed by atoms with Crippen LogP contribution in [0.5, 0.6) is 0 Å². The van der Waals surface area contributed by atoms with E-state index in [0.717, 1.165) is 11.7 Å². The lowest BCUT2D eigenvalue weighted by molar-refractivity contribution is -0.553. The first-order valence-corrected chi connectivity index (χ1v) is 11.3. The van der Waals surface area contributed by atoms with Gasteiger partial charge in [-0.3, -0.25) is 4.40 Å². The van der Waals surface area contributed by atoms with Gasteiger partial charge in [-0.1, -0.05) is 72.8 Å². The van der Waals surface area contributed by atoms with Crippen molar-refractivity contribution in [2.75, 3.05) is 0 Å². The van der Waals surface area contributed by atoms with Crippen LogP contribution in [0.25, 0.3) is 27.8 Å². The average Bonchev–Trinajstić information content (AvgIpc) is 3.32. The number of nitrogens with zero attached hydrogens (tertiary/aromatic N) is 3. The van der Waals surface area contributed by atoms with E-state index in [-0.39, 0.29) is 0 Å². The highest BCUT2D eigenvalue weighted by molar-refractivity contribution is 6.28. The van der Waals surface area contributed by atoms with Crippen molar-refractivity contribution >= 4 is 28.3 Å². The maximum Gasteiger partial charge on any atom is 0.339 e. The van der Waals surface area contributed by atoms with E-state index in [1.807, 2.05) is 0 Å². The molecule has 4 heterocycles. The second-order valence-corrected chi connectivity index (χ2v) is 8.40. The van der Waals surface area contributed by atoms with Gasteiger partial charge in [-0.15, -0.1) is 0 Å². The molecule has 0 atom stereocenters. The van der Waals surface area contributed by atoms with Gasteiger partial charge in [-0.25, -0.2) is 0 Å². The fourth-order valence-electron chi connectivity index (χ4n) is 4.92. The molecule has 3 heteroatoms. The van der Waals surface area contributed by atoms with Crippen LogP contribution in [0.3, 0.4) is 0 Å². The van der Waals surface area contributed by atoms with Crippen LogP contribution in [-0.2, 0) is 0 Å². The highest BCUT2D eigenvalue weighted by Gasteiger charge is 2.35. The predicted molar refractivity (Wildman–Crippen MR) is 136 cm³/mol. The minimum absolute atomic E-state index is 0.953. The van der Waals surface area contributed by atoms with Crippen LogP contribution in [-0.4, -0.2) is 10.2 Å². The Bertz CT molecular complexity index is 1550. The second-order valence-electron chi connectivity index (χ2n) is 8.40. The standard InChI is InChI=1S/C30H24N3/c1-21-25-17-9-11-19-32(25)29(27(21)23-13-5-3-6-14-23)31-30-28(24-15-7-4-8-16-24)22(2)26-18-10-12-20-33(26)30/h3-20H,1-2H3/q+1. The monoisotopic (exact) mass is 426 g/mol. The second kappa shape index (κ2) is 7.72. The largest absolute Gasteiger partial charge is 0.339 e. The van der Waals surface area contributed by atoms with Crippen LogP contribution in [0.4, 0.5) is 5.82 Å². The first-order chi connectivity index (χ1) is 16.2. The molecule has 0 fully saturated rings. The molecule has 1 aliphatic heterocycles. The van der Waals surface area contributed by atoms with Gasteiger partial charge in [0.2, 0.25) is 0 Å². The molecule has 0 spiro atoms. The molecule has 158 valence electrons. The van der Waals surface area contributed by atoms with Gasteiger partial charge in [0.05, 0.1) is 22.9 Å². The van der Waals surface area contributed by atoms with Crippen LogP contribution in [0.1, 0.15) is 23.7 Å². The van der Waals surface area contributed by atoms with E-state index in [4.69, 9.17) is 4.99 Å². The van der Waals surface area contributed by atoms with E-state index in [1.165, 1.54) is 44.6 Å². The van der Waals surface area contributed by atoms with Gasteiger partial charge in [-0.2, -0.15) is 4.57 Å². The van der Waals surface area contributed by atoms with E-state index >= 15 is 0 Å². The number of aromatic nitrogens is 2. The molecule has 0 N–H and O–H groups in total. The third-order valence-corrected chi connectivity index (χ3v) is 6.48. The van der Waals surface area contributed by atoms with Crippen molar-refractivity contribution in [2.45, 2.75) is 13.8 Å². The summed E-state index contributed by atoms with van der Waals surface area (Å²) >= 11 is 0. The summed E-state index contributed by atoms with van der Waals surface area (Å²) in [6.45, 7) is 4.38. The van der Waals surface area contributed by atoms with Crippen LogP contribution in [0, 0.1) is 6.92 Å². The molecular formula is C30H24N3+. The normalized spacial score (nSPS) is 14.3. The highest BCUT2D eigenvalue weighted by Crippen LogP contribution is 2.40. The summed E-state index contributed by atoms with van der Waals surface area (Å²) < 4.78 is 4.42. The van der Waals surface area contributed by atoms with Crippen LogP contribution < -0.4 is 4.57 Å². The van der Waals surface area contributed by atoms with Gasteiger partial charge < -0.3 is 0 Å². The smallest absolute Gasteiger partial charge is 0.280 e. The molecule has 1 aliphatic rings. The first kappa shape index (κ1) is 19.4. The summed E-state index contributed by atoms with van der Waals surface area (Å²) in [6.07, 6.45) is 4.22. The van der Waals surface area contributed by atoms with Crippen molar-refractivity contribution in [3.63, 3.8) is 0 Å². The van der Waals surface area contributed by atoms with E-state index in [2.05, 4.69) is 132 Å². The first-order valence-electron chi connectivity index (χ1n) is 11.3. The maximum atomic E-state index is 5.42. The third-order valence-electron chi connectivity index (χ3n) is 6.48. The van der Waals surface area contributed by atoms with Crippen LogP contribution in [0.15, 0.2) is 114 Å². The fourth-order valence-corrected chi connectivity index (χ4v) is 4.92. The van der Waals surface area contributed by atoms with Gasteiger partial charge >= 0.3 is 5.84 Å². The summed E-state index contributed by atoms with van der Waals surface area (Å²) in [4.78, 5) is 5.42. The molecule has 3 aromatic heterocycles. The summed E-state index contributed by atoms with van der Waals surface area (Å²) in [6, 6.07) is 33.8. The van der Waals surface area contributed by atoms with Crippen molar-refractivity contribution in [3.8, 4) is 11.1 Å². The van der Waals surface area contributed by atoms with E-state index in [0.29, 0.717) is 0 Å². The van der Waals surface area contributed by atoms with Gasteiger partial charge in [-0.05, 0) is 59.8 Å². The summed E-state index contributed by atoms with van der Waals surface area (Å²) in [7, 11) is 0. The minimum atomic E-state index is 0.953. The lowest BCUT2D eigenvalue weighted by Gasteiger charge is -2.03. The number of rotatable bonds is 3. The van der Waals surface area contributed by atoms with E-state index in [9.17, 15) is 0 Å². The number of benzene rings is 2. The Balaban J connectivity index is 1.69. The fraction of sp³-hybridized carbons (Fsp3) is 0.0667. The number of fused-ring (bicyclic) bond motifs is 2. The highest BCUT2D eigenvalue weighted by atomic mass is 15.1. The molecule has 5 aromatic rings. The van der Waals surface area contributed by atoms with Gasteiger partial charge in [0.1, 0.15) is 5.69 Å². The maximum absolute atomic E-state index is 5.42. The quantitative estimate of drug-likeness (QED) is 0.285. The van der Waals surface area contributed by atoms with E-state index < -0.39 is 0 Å². The zero-order valence-electron chi connectivity index (χ0n) is 18.7. The number of pyridine rings is 2. The number of allylic oxidation sites excluding steroid dienone is 2. The Hall–Kier alpha value is -4.24. The Kier molecular flexibility index (Phi) is 4.55. The van der Waals surface area contributed by atoms with Gasteiger partial charge in [0, 0.05) is 11.8 Å². The molecule has 6 rings (SSSR count). The molecule has 0 aliphatic carbocycles. The van der Waals surface area contributed by atoms with Gasteiger partial charge in [0.15, 0.2) is 0 Å². The molecule has 0 radical (unpaired) electrons. The summed E-state index contributed by atoms with van der Waals surface area (Å²) in [5.74, 6) is 1.91. The Morgan fingerprint density at radius 3 is 2.12 bits per heavy atom. The number of hydrogen-bond donors (Lipinski definition) is 0. The molecule has 3 nitrogen and oxygen atoms in total. The average molecular weight is 427 g/mol. The lowest BCUT2D eigenvalue weighted by Crippen LogP contribution is -2.42. The predicted octanol–water partition coefficient (Wildman–Crippen LogP) is 6.72. The molecule has 0 saturated heterocycles. The zero-order chi connectivity index (χ0) is 22.4. The minimum Gasteiger partial charge on any atom is -0.280 e. The number of hydrogen-bond acceptors (Lipinski definition) is 1. The zero-order valence-corrected chi connectivity index (χ0v) is 18.7. The topological polar surface area (TPSA) is 20.6 Å². The van der Waals surface area contributed by atoms with Gasteiger partial charge in [0.25, 0.3) is 5.82 Å². The lowest BCUT2D eigenvalue weighted by atomic mass is 10.0. The molecule has 0 saturated carbocycles. The molecule has 0 unspecified atom stereocenters. The Morgan fingerprint density at radius 1 is 0.697 bits per heavy atom. The van der Waals surface area contributed by atoms with Crippen LogP contribution in [0.2, 0.25) is 0 Å². The Labute approximate surface area is 193 Å². The SMILES string of the molecule is CC1=C(c2ccccc2)/C(=N/c2c(-c3ccccc3)c(C)c3ccccn23)[n+]2ccccc21. The van der Waals surface area contributed by atoms with E-state index in [1.54, 1.807) is 0 Å². The summed E-state index contributed by atoms with van der Waals surface area (Å²) in [5, 5.41) is 0. The number of aryl methyl sites for hydroxylation is 1. The van der Waals surface area contributed by atoms with Crippen molar-refractivity contribution in [2.24, 2.45) is 4.99 Å². The summed E-state index contributed by atoms with van der Waals surface area (Å²) in [5.41, 5.74) is 9.52. The molecule has 0 amide bonds. The third kappa shape index (κ3) is 3.05. The van der Waals surface area contributed by atoms with Crippen LogP contribution >= 0.6 is 0 Å². The molecule has 2 aromatic carbocycles. The van der Waals surface area contributed by atoms with Crippen molar-refractivity contribution in [1.29, 1.82) is 0 Å².